The first kappa shape index (κ1) is 11.7. The third-order valence-corrected chi connectivity index (χ3v) is 3.82. The van der Waals surface area contributed by atoms with Gasteiger partial charge in [0.25, 0.3) is 0 Å². The fraction of sp³-hybridized carbons (Fsp3) is 0.286. The third kappa shape index (κ3) is 2.01. The van der Waals surface area contributed by atoms with Crippen LogP contribution in [0.3, 0.4) is 0 Å². The molecule has 1 aromatic heterocycles. The molecule has 1 aliphatic rings. The molecule has 0 aliphatic heterocycles. The molecule has 1 unspecified atom stereocenters. The minimum atomic E-state index is -0.352. The van der Waals surface area contributed by atoms with Crippen molar-refractivity contribution in [3.63, 3.8) is 0 Å². The Morgan fingerprint density at radius 2 is 2.06 bits per heavy atom. The molecule has 4 heteroatoms. The van der Waals surface area contributed by atoms with Crippen molar-refractivity contribution in [2.45, 2.75) is 23.6 Å². The minimum Gasteiger partial charge on any atom is -0.360 e. The van der Waals surface area contributed by atoms with Gasteiger partial charge >= 0.3 is 0 Å². The molecule has 0 N–H and O–H groups in total. The Hall–Kier alpha value is -1.42. The van der Waals surface area contributed by atoms with Crippen molar-refractivity contribution < 1.29 is 9.32 Å². The van der Waals surface area contributed by atoms with Crippen molar-refractivity contribution in [1.29, 1.82) is 0 Å². The van der Waals surface area contributed by atoms with Crippen LogP contribution in [0.15, 0.2) is 34.9 Å². The van der Waals surface area contributed by atoms with E-state index in [-0.39, 0.29) is 4.83 Å². The highest BCUT2D eigenvalue weighted by Crippen LogP contribution is 2.46. The molecule has 18 heavy (non-hydrogen) atoms. The van der Waals surface area contributed by atoms with E-state index in [0.717, 1.165) is 41.7 Å². The minimum absolute atomic E-state index is 0.352. The number of rotatable bonds is 4. The van der Waals surface area contributed by atoms with E-state index >= 15 is 0 Å². The summed E-state index contributed by atoms with van der Waals surface area (Å²) in [6, 6.07) is 9.81. The molecule has 0 spiro atoms. The lowest BCUT2D eigenvalue weighted by Gasteiger charge is -2.04. The lowest BCUT2D eigenvalue weighted by Crippen LogP contribution is -1.96. The molecule has 0 amide bonds. The summed E-state index contributed by atoms with van der Waals surface area (Å²) in [6.07, 6.45) is 3.12. The zero-order valence-electron chi connectivity index (χ0n) is 9.67. The van der Waals surface area contributed by atoms with Gasteiger partial charge in [0.2, 0.25) is 0 Å². The Bertz CT molecular complexity index is 560. The Labute approximate surface area is 113 Å². The van der Waals surface area contributed by atoms with Gasteiger partial charge in [-0.3, -0.25) is 0 Å². The second-order valence-electron chi connectivity index (χ2n) is 4.49. The van der Waals surface area contributed by atoms with Gasteiger partial charge in [-0.25, -0.2) is 0 Å². The van der Waals surface area contributed by atoms with E-state index in [4.69, 9.17) is 4.52 Å². The maximum Gasteiger partial charge on any atom is 0.145 e. The van der Waals surface area contributed by atoms with Crippen LogP contribution in [0, 0.1) is 0 Å². The van der Waals surface area contributed by atoms with Crippen LogP contribution in [0.1, 0.15) is 34.9 Å². The van der Waals surface area contributed by atoms with E-state index in [1.165, 1.54) is 0 Å². The molecular weight excluding hydrogens is 294 g/mol. The molecule has 1 heterocycles. The van der Waals surface area contributed by atoms with Crippen molar-refractivity contribution >= 4 is 22.2 Å². The van der Waals surface area contributed by atoms with E-state index in [2.05, 4.69) is 21.1 Å². The zero-order chi connectivity index (χ0) is 12.5. The lowest BCUT2D eigenvalue weighted by molar-refractivity contribution is -0.107. The number of hydrogen-bond donors (Lipinski definition) is 0. The third-order valence-electron chi connectivity index (χ3n) is 3.15. The van der Waals surface area contributed by atoms with Gasteiger partial charge in [-0.05, 0) is 12.8 Å². The molecule has 1 aromatic carbocycles. The van der Waals surface area contributed by atoms with Crippen molar-refractivity contribution in [2.75, 3.05) is 0 Å². The number of carbonyl (C=O) groups excluding carboxylic acids is 1. The number of benzene rings is 1. The van der Waals surface area contributed by atoms with Crippen molar-refractivity contribution in [2.24, 2.45) is 0 Å². The molecule has 1 fully saturated rings. The lowest BCUT2D eigenvalue weighted by atomic mass is 10.0. The van der Waals surface area contributed by atoms with Gasteiger partial charge in [0, 0.05) is 17.0 Å². The van der Waals surface area contributed by atoms with Gasteiger partial charge in [-0.1, -0.05) is 51.4 Å². The molecule has 1 aliphatic carbocycles. The average molecular weight is 306 g/mol. The van der Waals surface area contributed by atoms with Gasteiger partial charge in [0.05, 0.1) is 0 Å². The second-order valence-corrected chi connectivity index (χ2v) is 5.47. The molecule has 0 bridgehead atoms. The average Bonchev–Trinajstić information content (AvgIpc) is 3.17. The summed E-state index contributed by atoms with van der Waals surface area (Å²) >= 11 is 3.39. The topological polar surface area (TPSA) is 43.1 Å². The summed E-state index contributed by atoms with van der Waals surface area (Å²) in [6.45, 7) is 0. The van der Waals surface area contributed by atoms with Crippen molar-refractivity contribution in [1.82, 2.24) is 5.16 Å². The first-order chi connectivity index (χ1) is 8.81. The quantitative estimate of drug-likeness (QED) is 0.636. The predicted octanol–water partition coefficient (Wildman–Crippen LogP) is 3.85. The van der Waals surface area contributed by atoms with Crippen molar-refractivity contribution in [3.05, 3.63) is 41.7 Å². The summed E-state index contributed by atoms with van der Waals surface area (Å²) in [5, 5.41) is 4.15. The Morgan fingerprint density at radius 1 is 1.33 bits per heavy atom. The standard InChI is InChI=1S/C14H12BrNO2/c15-11(8-17)12-13(9-4-2-1-3-5-9)16-18-14(12)10-6-7-10/h1-5,8,10-11H,6-7H2. The number of aldehydes is 1. The first-order valence-electron chi connectivity index (χ1n) is 5.95. The molecule has 1 atom stereocenters. The fourth-order valence-corrected chi connectivity index (χ4v) is 2.53. The van der Waals surface area contributed by atoms with Crippen LogP contribution < -0.4 is 0 Å². The summed E-state index contributed by atoms with van der Waals surface area (Å²) < 4.78 is 5.46. The largest absolute Gasteiger partial charge is 0.360 e. The van der Waals surface area contributed by atoms with E-state index in [0.29, 0.717) is 5.92 Å². The summed E-state index contributed by atoms with van der Waals surface area (Å²) in [5.74, 6) is 1.30. The van der Waals surface area contributed by atoms with Crippen LogP contribution in [-0.4, -0.2) is 11.4 Å². The summed E-state index contributed by atoms with van der Waals surface area (Å²) in [4.78, 5) is 10.7. The maximum atomic E-state index is 11.1. The highest BCUT2D eigenvalue weighted by molar-refractivity contribution is 9.09. The molecular formula is C14H12BrNO2. The molecule has 2 aromatic rings. The van der Waals surface area contributed by atoms with Gasteiger partial charge in [0.15, 0.2) is 0 Å². The van der Waals surface area contributed by atoms with E-state index in [9.17, 15) is 4.79 Å². The van der Waals surface area contributed by atoms with Crippen LogP contribution in [0.25, 0.3) is 11.3 Å². The molecule has 0 saturated heterocycles. The van der Waals surface area contributed by atoms with Gasteiger partial charge in [-0.2, -0.15) is 0 Å². The van der Waals surface area contributed by atoms with Gasteiger partial charge in [0.1, 0.15) is 22.6 Å². The van der Waals surface area contributed by atoms with Gasteiger partial charge in [-0.15, -0.1) is 0 Å². The first-order valence-corrected chi connectivity index (χ1v) is 6.87. The van der Waals surface area contributed by atoms with Crippen LogP contribution in [-0.2, 0) is 4.79 Å². The molecule has 3 rings (SSSR count). The smallest absolute Gasteiger partial charge is 0.145 e. The number of aromatic nitrogens is 1. The summed E-state index contributed by atoms with van der Waals surface area (Å²) in [7, 11) is 0. The van der Waals surface area contributed by atoms with Crippen LogP contribution >= 0.6 is 15.9 Å². The monoisotopic (exact) mass is 305 g/mol. The Balaban J connectivity index is 2.11. The highest BCUT2D eigenvalue weighted by atomic mass is 79.9. The fourth-order valence-electron chi connectivity index (χ4n) is 2.09. The number of alkyl halides is 1. The van der Waals surface area contributed by atoms with E-state index in [1.807, 2.05) is 30.3 Å². The predicted molar refractivity (Wildman–Crippen MR) is 71.6 cm³/mol. The Kier molecular flexibility index (Phi) is 3.04. The second kappa shape index (κ2) is 4.69. The molecule has 0 radical (unpaired) electrons. The SMILES string of the molecule is O=CC(Br)c1c(-c2ccccc2)noc1C1CC1. The zero-order valence-corrected chi connectivity index (χ0v) is 11.3. The van der Waals surface area contributed by atoms with Gasteiger partial charge < -0.3 is 9.32 Å². The molecule has 3 nitrogen and oxygen atoms in total. The number of nitrogens with zero attached hydrogens (tertiary/aromatic N) is 1. The van der Waals surface area contributed by atoms with E-state index in [1.54, 1.807) is 0 Å². The van der Waals surface area contributed by atoms with Crippen LogP contribution in [0.4, 0.5) is 0 Å². The van der Waals surface area contributed by atoms with E-state index < -0.39 is 0 Å². The normalized spacial score (nSPS) is 16.5. The number of hydrogen-bond acceptors (Lipinski definition) is 3. The number of carbonyl (C=O) groups is 1. The van der Waals surface area contributed by atoms with Crippen LogP contribution in [0.5, 0.6) is 0 Å². The molecule has 92 valence electrons. The molecule has 1 saturated carbocycles. The highest BCUT2D eigenvalue weighted by Gasteiger charge is 2.34. The Morgan fingerprint density at radius 3 is 2.67 bits per heavy atom. The van der Waals surface area contributed by atoms with Crippen molar-refractivity contribution in [3.8, 4) is 11.3 Å². The maximum absolute atomic E-state index is 11.1. The van der Waals surface area contributed by atoms with Crippen LogP contribution in [0.2, 0.25) is 0 Å². The summed E-state index contributed by atoms with van der Waals surface area (Å²) in [5.41, 5.74) is 2.64. The number of halogens is 1.